The van der Waals surface area contributed by atoms with Crippen LogP contribution in [0.1, 0.15) is 37.2 Å². The second-order valence-corrected chi connectivity index (χ2v) is 5.55. The van der Waals surface area contributed by atoms with E-state index in [1.54, 1.807) is 11.8 Å². The number of nitrogens with two attached hydrogens (primary N) is 1. The molecule has 0 aliphatic carbocycles. The molecule has 0 aliphatic rings. The van der Waals surface area contributed by atoms with Crippen molar-refractivity contribution in [3.05, 3.63) is 47.8 Å². The zero-order valence-electron chi connectivity index (χ0n) is 11.5. The van der Waals surface area contributed by atoms with Crippen LogP contribution < -0.4 is 11.3 Å². The lowest BCUT2D eigenvalue weighted by atomic mass is 10.0. The van der Waals surface area contributed by atoms with E-state index < -0.39 is 0 Å². The van der Waals surface area contributed by atoms with E-state index in [4.69, 9.17) is 5.84 Å². The zero-order valence-corrected chi connectivity index (χ0v) is 12.3. The molecule has 0 bridgehead atoms. The first-order valence-corrected chi connectivity index (χ1v) is 7.53. The van der Waals surface area contributed by atoms with Crippen LogP contribution in [0.15, 0.2) is 41.4 Å². The Hall–Kier alpha value is -1.30. The molecule has 4 nitrogen and oxygen atoms in total. The number of hydrogen-bond donors (Lipinski definition) is 2. The molecule has 0 amide bonds. The van der Waals surface area contributed by atoms with Gasteiger partial charge in [0.2, 0.25) is 0 Å². The van der Waals surface area contributed by atoms with Crippen LogP contribution >= 0.6 is 11.8 Å². The summed E-state index contributed by atoms with van der Waals surface area (Å²) < 4.78 is 1.99. The Balaban J connectivity index is 2.35. The van der Waals surface area contributed by atoms with Gasteiger partial charge in [-0.2, -0.15) is 5.10 Å². The molecule has 19 heavy (non-hydrogen) atoms. The summed E-state index contributed by atoms with van der Waals surface area (Å²) in [5, 5.41) is 4.36. The minimum atomic E-state index is -0.0409. The molecular formula is C14H20N4S. The largest absolute Gasteiger partial charge is 0.271 e. The standard InChI is InChI=1S/C14H20N4S/c1-10(2)18-13(8-9-16-18)14(17-15)11-4-6-12(19-3)7-5-11/h4-10,14,17H,15H2,1-3H3. The summed E-state index contributed by atoms with van der Waals surface area (Å²) in [6.45, 7) is 4.22. The first-order chi connectivity index (χ1) is 9.17. The molecule has 1 unspecified atom stereocenters. The second kappa shape index (κ2) is 6.23. The molecule has 1 atom stereocenters. The number of aromatic nitrogens is 2. The van der Waals surface area contributed by atoms with E-state index in [0.717, 1.165) is 11.3 Å². The van der Waals surface area contributed by atoms with Crippen molar-refractivity contribution in [2.45, 2.75) is 30.8 Å². The molecule has 0 fully saturated rings. The van der Waals surface area contributed by atoms with E-state index in [-0.39, 0.29) is 6.04 Å². The summed E-state index contributed by atoms with van der Waals surface area (Å²) in [6.07, 6.45) is 3.89. The van der Waals surface area contributed by atoms with Gasteiger partial charge >= 0.3 is 0 Å². The van der Waals surface area contributed by atoms with Crippen LogP contribution in [0.5, 0.6) is 0 Å². The second-order valence-electron chi connectivity index (χ2n) is 4.67. The molecule has 0 aliphatic heterocycles. The molecule has 1 aromatic heterocycles. The average molecular weight is 276 g/mol. The molecule has 2 rings (SSSR count). The lowest BCUT2D eigenvalue weighted by Gasteiger charge is -2.20. The number of nitrogens with zero attached hydrogens (tertiary/aromatic N) is 2. The van der Waals surface area contributed by atoms with Gasteiger partial charge in [-0.3, -0.25) is 10.5 Å². The Morgan fingerprint density at radius 1 is 1.21 bits per heavy atom. The van der Waals surface area contributed by atoms with Gasteiger partial charge in [0.25, 0.3) is 0 Å². The maximum absolute atomic E-state index is 5.74. The van der Waals surface area contributed by atoms with E-state index in [1.807, 2.05) is 16.9 Å². The minimum Gasteiger partial charge on any atom is -0.271 e. The highest BCUT2D eigenvalue weighted by Gasteiger charge is 2.18. The fourth-order valence-electron chi connectivity index (χ4n) is 2.13. The molecule has 0 saturated heterocycles. The van der Waals surface area contributed by atoms with E-state index in [9.17, 15) is 0 Å². The third-order valence-electron chi connectivity index (χ3n) is 3.10. The van der Waals surface area contributed by atoms with Gasteiger partial charge in [0.1, 0.15) is 0 Å². The summed E-state index contributed by atoms with van der Waals surface area (Å²) in [6, 6.07) is 10.7. The van der Waals surface area contributed by atoms with Gasteiger partial charge in [0.15, 0.2) is 0 Å². The summed E-state index contributed by atoms with van der Waals surface area (Å²) in [5.41, 5.74) is 5.11. The van der Waals surface area contributed by atoms with Crippen LogP contribution in [0.3, 0.4) is 0 Å². The monoisotopic (exact) mass is 276 g/mol. The molecule has 5 heteroatoms. The summed E-state index contributed by atoms with van der Waals surface area (Å²) in [4.78, 5) is 1.25. The Kier molecular flexibility index (Phi) is 4.63. The lowest BCUT2D eigenvalue weighted by Crippen LogP contribution is -2.31. The molecule has 0 radical (unpaired) electrons. The SMILES string of the molecule is CSc1ccc(C(NN)c2ccnn2C(C)C)cc1. The van der Waals surface area contributed by atoms with Gasteiger partial charge in [-0.25, -0.2) is 5.43 Å². The van der Waals surface area contributed by atoms with Crippen molar-refractivity contribution >= 4 is 11.8 Å². The van der Waals surface area contributed by atoms with Gasteiger partial charge in [-0.05, 0) is 43.9 Å². The molecular weight excluding hydrogens is 256 g/mol. The van der Waals surface area contributed by atoms with Crippen LogP contribution in [0.25, 0.3) is 0 Å². The van der Waals surface area contributed by atoms with Crippen LogP contribution in [0.4, 0.5) is 0 Å². The summed E-state index contributed by atoms with van der Waals surface area (Å²) in [5.74, 6) is 5.74. The Bertz CT molecular complexity index is 518. The Labute approximate surface area is 118 Å². The Morgan fingerprint density at radius 2 is 1.89 bits per heavy atom. The van der Waals surface area contributed by atoms with Gasteiger partial charge in [0, 0.05) is 17.1 Å². The van der Waals surface area contributed by atoms with E-state index in [2.05, 4.69) is 54.9 Å². The number of nitrogens with one attached hydrogen (secondary N) is 1. The normalized spacial score (nSPS) is 12.9. The van der Waals surface area contributed by atoms with Crippen LogP contribution in [0.2, 0.25) is 0 Å². The fraction of sp³-hybridized carbons (Fsp3) is 0.357. The van der Waals surface area contributed by atoms with Crippen molar-refractivity contribution in [1.82, 2.24) is 15.2 Å². The molecule has 1 heterocycles. The van der Waals surface area contributed by atoms with Crippen molar-refractivity contribution in [1.29, 1.82) is 0 Å². The van der Waals surface area contributed by atoms with Gasteiger partial charge in [-0.1, -0.05) is 12.1 Å². The van der Waals surface area contributed by atoms with Crippen LogP contribution in [0, 0.1) is 0 Å². The van der Waals surface area contributed by atoms with Crippen molar-refractivity contribution < 1.29 is 0 Å². The van der Waals surface area contributed by atoms with Crippen LogP contribution in [-0.2, 0) is 0 Å². The highest BCUT2D eigenvalue weighted by atomic mass is 32.2. The third kappa shape index (κ3) is 3.00. The predicted octanol–water partition coefficient (Wildman–Crippen LogP) is 2.74. The van der Waals surface area contributed by atoms with E-state index in [0.29, 0.717) is 6.04 Å². The third-order valence-corrected chi connectivity index (χ3v) is 3.85. The highest BCUT2D eigenvalue weighted by Crippen LogP contribution is 2.25. The predicted molar refractivity (Wildman–Crippen MR) is 80.0 cm³/mol. The molecule has 102 valence electrons. The molecule has 1 aromatic carbocycles. The zero-order chi connectivity index (χ0) is 13.8. The molecule has 0 saturated carbocycles. The van der Waals surface area contributed by atoms with Gasteiger partial charge < -0.3 is 0 Å². The number of rotatable bonds is 5. The molecule has 3 N–H and O–H groups in total. The smallest absolute Gasteiger partial charge is 0.0878 e. The van der Waals surface area contributed by atoms with Crippen molar-refractivity contribution in [2.24, 2.45) is 5.84 Å². The van der Waals surface area contributed by atoms with Gasteiger partial charge in [-0.15, -0.1) is 11.8 Å². The number of hydrazine groups is 1. The van der Waals surface area contributed by atoms with Crippen molar-refractivity contribution in [3.63, 3.8) is 0 Å². The average Bonchev–Trinajstić information content (AvgIpc) is 2.90. The quantitative estimate of drug-likeness (QED) is 0.501. The van der Waals surface area contributed by atoms with Crippen molar-refractivity contribution in [3.8, 4) is 0 Å². The molecule has 0 spiro atoms. The topological polar surface area (TPSA) is 55.9 Å². The first kappa shape index (κ1) is 14.1. The van der Waals surface area contributed by atoms with Crippen LogP contribution in [-0.4, -0.2) is 16.0 Å². The highest BCUT2D eigenvalue weighted by molar-refractivity contribution is 7.98. The lowest BCUT2D eigenvalue weighted by molar-refractivity contribution is 0.476. The number of thioether (sulfide) groups is 1. The first-order valence-electron chi connectivity index (χ1n) is 6.31. The number of hydrogen-bond acceptors (Lipinski definition) is 4. The van der Waals surface area contributed by atoms with E-state index in [1.165, 1.54) is 4.90 Å². The molecule has 2 aromatic rings. The number of benzene rings is 1. The minimum absolute atomic E-state index is 0.0409. The summed E-state index contributed by atoms with van der Waals surface area (Å²) >= 11 is 1.73. The van der Waals surface area contributed by atoms with E-state index >= 15 is 0 Å². The maximum atomic E-state index is 5.74. The summed E-state index contributed by atoms with van der Waals surface area (Å²) in [7, 11) is 0. The van der Waals surface area contributed by atoms with Crippen molar-refractivity contribution in [2.75, 3.05) is 6.26 Å². The Morgan fingerprint density at radius 3 is 2.42 bits per heavy atom. The maximum Gasteiger partial charge on any atom is 0.0878 e. The van der Waals surface area contributed by atoms with Gasteiger partial charge in [0.05, 0.1) is 11.7 Å². The fourth-order valence-corrected chi connectivity index (χ4v) is 2.54.